The van der Waals surface area contributed by atoms with Crippen LogP contribution in [0.15, 0.2) is 34.3 Å². The molecule has 0 aliphatic heterocycles. The topological polar surface area (TPSA) is 80.9 Å². The Morgan fingerprint density at radius 1 is 1.39 bits per heavy atom. The van der Waals surface area contributed by atoms with Gasteiger partial charge in [0, 0.05) is 5.39 Å². The van der Waals surface area contributed by atoms with E-state index in [0.717, 1.165) is 5.39 Å². The van der Waals surface area contributed by atoms with Crippen molar-refractivity contribution in [3.63, 3.8) is 0 Å². The van der Waals surface area contributed by atoms with Crippen molar-refractivity contribution in [2.45, 2.75) is 6.42 Å². The number of fused-ring (bicyclic) bond motifs is 1. The Hall–Kier alpha value is -2.28. The fourth-order valence-electron chi connectivity index (χ4n) is 1.61. The smallest absolute Gasteiger partial charge is 0.232 e. The molecule has 0 fully saturated rings. The summed E-state index contributed by atoms with van der Waals surface area (Å²) in [4.78, 5) is 11.8. The maximum atomic E-state index is 11.8. The van der Waals surface area contributed by atoms with Crippen LogP contribution >= 0.6 is 11.3 Å². The van der Waals surface area contributed by atoms with Crippen LogP contribution in [-0.4, -0.2) is 21.3 Å². The van der Waals surface area contributed by atoms with Crippen molar-refractivity contribution in [3.8, 4) is 0 Å². The molecule has 0 saturated heterocycles. The standard InChI is InChI=1S/C11H8N4O2S/c16-10(13-11-14-12-6-18-11)5-8-7-3-1-2-4-9(7)17-15-8/h1-4,6H,5H2,(H,13,14,16). The Kier molecular flexibility index (Phi) is 2.73. The predicted molar refractivity (Wildman–Crippen MR) is 66.3 cm³/mol. The van der Waals surface area contributed by atoms with Crippen LogP contribution in [-0.2, 0) is 11.2 Å². The number of rotatable bonds is 3. The Morgan fingerprint density at radius 3 is 3.11 bits per heavy atom. The molecule has 6 nitrogen and oxygen atoms in total. The SMILES string of the molecule is O=C(Cc1noc2ccccc12)Nc1nncs1. The minimum absolute atomic E-state index is 0.149. The molecule has 18 heavy (non-hydrogen) atoms. The number of nitrogens with one attached hydrogen (secondary N) is 1. The van der Waals surface area contributed by atoms with Crippen LogP contribution in [0.1, 0.15) is 5.69 Å². The summed E-state index contributed by atoms with van der Waals surface area (Å²) in [7, 11) is 0. The average Bonchev–Trinajstić information content (AvgIpc) is 3.00. The van der Waals surface area contributed by atoms with Gasteiger partial charge in [-0.2, -0.15) is 0 Å². The molecule has 1 aromatic carbocycles. The molecule has 3 aromatic rings. The minimum atomic E-state index is -0.189. The van der Waals surface area contributed by atoms with E-state index in [0.29, 0.717) is 16.4 Å². The zero-order chi connectivity index (χ0) is 12.4. The number of anilines is 1. The van der Waals surface area contributed by atoms with Crippen LogP contribution in [0, 0.1) is 0 Å². The summed E-state index contributed by atoms with van der Waals surface area (Å²) < 4.78 is 5.13. The molecule has 0 unspecified atom stereocenters. The summed E-state index contributed by atoms with van der Waals surface area (Å²) in [5, 5.41) is 15.3. The minimum Gasteiger partial charge on any atom is -0.356 e. The zero-order valence-corrected chi connectivity index (χ0v) is 9.98. The Morgan fingerprint density at radius 2 is 2.28 bits per heavy atom. The van der Waals surface area contributed by atoms with Gasteiger partial charge in [-0.25, -0.2) is 0 Å². The van der Waals surface area contributed by atoms with E-state index in [9.17, 15) is 4.79 Å². The highest BCUT2D eigenvalue weighted by molar-refractivity contribution is 7.13. The summed E-state index contributed by atoms with van der Waals surface area (Å²) in [5.74, 6) is -0.189. The fourth-order valence-corrected chi connectivity index (χ4v) is 2.07. The molecule has 0 aliphatic rings. The lowest BCUT2D eigenvalue weighted by Gasteiger charge is -1.98. The highest BCUT2D eigenvalue weighted by Crippen LogP contribution is 2.18. The number of para-hydroxylation sites is 1. The van der Waals surface area contributed by atoms with Crippen LogP contribution in [0.3, 0.4) is 0 Å². The second-order valence-corrected chi connectivity index (χ2v) is 4.43. The molecule has 90 valence electrons. The first kappa shape index (κ1) is 10.8. The monoisotopic (exact) mass is 260 g/mol. The molecule has 2 aromatic heterocycles. The van der Waals surface area contributed by atoms with Gasteiger partial charge in [-0.3, -0.25) is 4.79 Å². The molecule has 1 N–H and O–H groups in total. The lowest BCUT2D eigenvalue weighted by Crippen LogP contribution is -2.14. The van der Waals surface area contributed by atoms with Crippen molar-refractivity contribution in [1.82, 2.24) is 15.4 Å². The van der Waals surface area contributed by atoms with Crippen LogP contribution in [0.25, 0.3) is 11.0 Å². The van der Waals surface area contributed by atoms with Gasteiger partial charge in [0.1, 0.15) is 11.2 Å². The molecule has 2 heterocycles. The predicted octanol–water partition coefficient (Wildman–Crippen LogP) is 1.86. The van der Waals surface area contributed by atoms with Gasteiger partial charge in [-0.05, 0) is 12.1 Å². The third-order valence-electron chi connectivity index (χ3n) is 2.39. The quantitative estimate of drug-likeness (QED) is 0.777. The molecule has 3 rings (SSSR count). The molecule has 0 saturated carbocycles. The van der Waals surface area contributed by atoms with Gasteiger partial charge >= 0.3 is 0 Å². The number of aromatic nitrogens is 3. The number of carbonyl (C=O) groups is 1. The summed E-state index contributed by atoms with van der Waals surface area (Å²) >= 11 is 1.27. The van der Waals surface area contributed by atoms with Gasteiger partial charge in [-0.1, -0.05) is 28.6 Å². The van der Waals surface area contributed by atoms with E-state index in [1.54, 1.807) is 5.51 Å². The normalized spacial score (nSPS) is 10.7. The average molecular weight is 260 g/mol. The van der Waals surface area contributed by atoms with Gasteiger partial charge in [0.15, 0.2) is 5.58 Å². The number of hydrogen-bond acceptors (Lipinski definition) is 6. The number of benzene rings is 1. The lowest BCUT2D eigenvalue weighted by atomic mass is 10.2. The number of carbonyl (C=O) groups excluding carboxylic acids is 1. The molecule has 0 spiro atoms. The summed E-state index contributed by atoms with van der Waals surface area (Å²) in [6, 6.07) is 7.43. The molecule has 0 atom stereocenters. The first-order valence-electron chi connectivity index (χ1n) is 5.22. The van der Waals surface area contributed by atoms with E-state index >= 15 is 0 Å². The molecule has 0 aliphatic carbocycles. The van der Waals surface area contributed by atoms with E-state index in [2.05, 4.69) is 20.7 Å². The van der Waals surface area contributed by atoms with Crippen molar-refractivity contribution >= 4 is 33.3 Å². The third-order valence-corrected chi connectivity index (χ3v) is 2.99. The molecule has 1 amide bonds. The van der Waals surface area contributed by atoms with Crippen molar-refractivity contribution in [2.75, 3.05) is 5.32 Å². The second kappa shape index (κ2) is 4.53. The van der Waals surface area contributed by atoms with E-state index in [1.807, 2.05) is 24.3 Å². The first-order valence-corrected chi connectivity index (χ1v) is 6.10. The van der Waals surface area contributed by atoms with Gasteiger partial charge in [0.25, 0.3) is 0 Å². The second-order valence-electron chi connectivity index (χ2n) is 3.59. The van der Waals surface area contributed by atoms with Crippen molar-refractivity contribution in [1.29, 1.82) is 0 Å². The molecular formula is C11H8N4O2S. The maximum absolute atomic E-state index is 11.8. The summed E-state index contributed by atoms with van der Waals surface area (Å²) in [5.41, 5.74) is 2.85. The van der Waals surface area contributed by atoms with Crippen LogP contribution in [0.4, 0.5) is 5.13 Å². The van der Waals surface area contributed by atoms with Crippen LogP contribution in [0.2, 0.25) is 0 Å². The fraction of sp³-hybridized carbons (Fsp3) is 0.0909. The molecular weight excluding hydrogens is 252 g/mol. The van der Waals surface area contributed by atoms with Crippen molar-refractivity contribution in [3.05, 3.63) is 35.5 Å². The van der Waals surface area contributed by atoms with E-state index in [-0.39, 0.29) is 12.3 Å². The molecule has 0 radical (unpaired) electrons. The van der Waals surface area contributed by atoms with E-state index < -0.39 is 0 Å². The maximum Gasteiger partial charge on any atom is 0.232 e. The zero-order valence-electron chi connectivity index (χ0n) is 9.16. The van der Waals surface area contributed by atoms with Gasteiger partial charge in [0.2, 0.25) is 11.0 Å². The summed E-state index contributed by atoms with van der Waals surface area (Å²) in [6.07, 6.45) is 0.149. The van der Waals surface area contributed by atoms with Gasteiger partial charge < -0.3 is 9.84 Å². The van der Waals surface area contributed by atoms with E-state index in [1.165, 1.54) is 11.3 Å². The van der Waals surface area contributed by atoms with Crippen LogP contribution < -0.4 is 5.32 Å². The highest BCUT2D eigenvalue weighted by Gasteiger charge is 2.12. The van der Waals surface area contributed by atoms with Crippen LogP contribution in [0.5, 0.6) is 0 Å². The Bertz CT molecular complexity index is 677. The number of amides is 1. The first-order chi connectivity index (χ1) is 8.83. The van der Waals surface area contributed by atoms with E-state index in [4.69, 9.17) is 4.52 Å². The van der Waals surface area contributed by atoms with Gasteiger partial charge in [-0.15, -0.1) is 10.2 Å². The highest BCUT2D eigenvalue weighted by atomic mass is 32.1. The largest absolute Gasteiger partial charge is 0.356 e. The molecule has 0 bridgehead atoms. The van der Waals surface area contributed by atoms with Crippen molar-refractivity contribution in [2.24, 2.45) is 0 Å². The number of nitrogens with zero attached hydrogens (tertiary/aromatic N) is 3. The van der Waals surface area contributed by atoms with Crippen molar-refractivity contribution < 1.29 is 9.32 Å². The molecule has 7 heteroatoms. The third kappa shape index (κ3) is 2.07. The number of hydrogen-bond donors (Lipinski definition) is 1. The Balaban J connectivity index is 1.78. The Labute approximate surface area is 106 Å². The summed E-state index contributed by atoms with van der Waals surface area (Å²) in [6.45, 7) is 0. The van der Waals surface area contributed by atoms with Gasteiger partial charge in [0.05, 0.1) is 6.42 Å². The lowest BCUT2D eigenvalue weighted by molar-refractivity contribution is -0.115.